The van der Waals surface area contributed by atoms with E-state index in [0.717, 1.165) is 5.69 Å². The molecule has 1 amide bonds. The van der Waals surface area contributed by atoms with Crippen molar-refractivity contribution in [2.45, 2.75) is 33.8 Å². The van der Waals surface area contributed by atoms with Crippen LogP contribution in [0.3, 0.4) is 0 Å². The molecule has 0 radical (unpaired) electrons. The average Bonchev–Trinajstić information content (AvgIpc) is 2.54. The van der Waals surface area contributed by atoms with E-state index in [0.29, 0.717) is 31.0 Å². The SMILES string of the molecule is CC1=C[C@H](C)[C@@]2(COC(=O)Nc3ccccc3)CO[C@@H](C)[C@@H]1[C@H]2C. The number of nitrogens with one attached hydrogen (secondary N) is 1. The molecule has 1 fully saturated rings. The van der Waals surface area contributed by atoms with Crippen LogP contribution in [-0.4, -0.2) is 25.4 Å². The van der Waals surface area contributed by atoms with E-state index >= 15 is 0 Å². The highest BCUT2D eigenvalue weighted by atomic mass is 16.6. The maximum Gasteiger partial charge on any atom is 0.411 e. The Morgan fingerprint density at radius 1 is 1.29 bits per heavy atom. The van der Waals surface area contributed by atoms with E-state index in [-0.39, 0.29) is 11.5 Å². The van der Waals surface area contributed by atoms with Gasteiger partial charge in [-0.25, -0.2) is 4.79 Å². The molecule has 0 aromatic heterocycles. The fourth-order valence-electron chi connectivity index (χ4n) is 4.45. The molecular formula is C20H27NO3. The number of benzene rings is 1. The molecule has 0 unspecified atom stereocenters. The van der Waals surface area contributed by atoms with Gasteiger partial charge in [-0.05, 0) is 37.8 Å². The Bertz CT molecular complexity index is 627. The predicted molar refractivity (Wildman–Crippen MR) is 94.8 cm³/mol. The number of anilines is 1. The quantitative estimate of drug-likeness (QED) is 0.831. The maximum atomic E-state index is 12.2. The maximum absolute atomic E-state index is 12.2. The van der Waals surface area contributed by atoms with Gasteiger partial charge < -0.3 is 9.47 Å². The number of fused-ring (bicyclic) bond motifs is 2. The molecular weight excluding hydrogens is 302 g/mol. The van der Waals surface area contributed by atoms with Gasteiger partial charge in [0.1, 0.15) is 6.61 Å². The summed E-state index contributed by atoms with van der Waals surface area (Å²) in [5.74, 6) is 1.14. The summed E-state index contributed by atoms with van der Waals surface area (Å²) in [6.45, 7) is 9.82. The standard InChI is InChI=1S/C20H27NO3/c1-13-10-14(2)20(11-23-16(4)18(13)15(20)3)12-24-19(22)21-17-8-6-5-7-9-17/h5-10,14-16,18H,11-12H2,1-4H3,(H,21,22)/t14-,15+,16-,18-,20-/m0/s1. The number of amides is 1. The van der Waals surface area contributed by atoms with Crippen molar-refractivity contribution >= 4 is 11.8 Å². The summed E-state index contributed by atoms with van der Waals surface area (Å²) in [4.78, 5) is 12.2. The molecule has 1 aromatic rings. The van der Waals surface area contributed by atoms with Gasteiger partial charge in [-0.3, -0.25) is 5.32 Å². The molecule has 1 aliphatic carbocycles. The third kappa shape index (κ3) is 2.95. The van der Waals surface area contributed by atoms with E-state index in [1.54, 1.807) is 0 Å². The van der Waals surface area contributed by atoms with Crippen LogP contribution in [0.4, 0.5) is 10.5 Å². The van der Waals surface area contributed by atoms with Crippen molar-refractivity contribution in [2.24, 2.45) is 23.2 Å². The smallest absolute Gasteiger partial charge is 0.411 e. The van der Waals surface area contributed by atoms with Crippen LogP contribution in [0.1, 0.15) is 27.7 Å². The van der Waals surface area contributed by atoms with E-state index in [4.69, 9.17) is 9.47 Å². The molecule has 1 aliphatic heterocycles. The molecule has 4 nitrogen and oxygen atoms in total. The molecule has 1 N–H and O–H groups in total. The Labute approximate surface area is 144 Å². The molecule has 4 heteroatoms. The fraction of sp³-hybridized carbons (Fsp3) is 0.550. The lowest BCUT2D eigenvalue weighted by molar-refractivity contribution is -0.156. The van der Waals surface area contributed by atoms with E-state index in [1.807, 2.05) is 30.3 Å². The molecule has 1 heterocycles. The zero-order valence-corrected chi connectivity index (χ0v) is 14.9. The molecule has 5 atom stereocenters. The summed E-state index contributed by atoms with van der Waals surface area (Å²) in [7, 11) is 0. The number of para-hydroxylation sites is 1. The van der Waals surface area contributed by atoms with Gasteiger partial charge in [-0.1, -0.05) is 43.7 Å². The minimum Gasteiger partial charge on any atom is -0.449 e. The van der Waals surface area contributed by atoms with Crippen LogP contribution >= 0.6 is 0 Å². The molecule has 1 aromatic carbocycles. The highest BCUT2D eigenvalue weighted by molar-refractivity contribution is 5.84. The number of ether oxygens (including phenoxy) is 2. The molecule has 3 rings (SSSR count). The summed E-state index contributed by atoms with van der Waals surface area (Å²) < 4.78 is 11.7. The first-order chi connectivity index (χ1) is 11.4. The molecule has 2 aliphatic rings. The molecule has 1 saturated heterocycles. The van der Waals surface area contributed by atoms with E-state index in [9.17, 15) is 4.79 Å². The number of allylic oxidation sites excluding steroid dienone is 1. The lowest BCUT2D eigenvalue weighted by Crippen LogP contribution is -2.56. The summed E-state index contributed by atoms with van der Waals surface area (Å²) in [5, 5.41) is 2.78. The van der Waals surface area contributed by atoms with Crippen LogP contribution in [0.5, 0.6) is 0 Å². The Balaban J connectivity index is 1.70. The minimum absolute atomic E-state index is 0.148. The minimum atomic E-state index is -0.406. The first-order valence-corrected chi connectivity index (χ1v) is 8.73. The Morgan fingerprint density at radius 3 is 2.71 bits per heavy atom. The van der Waals surface area contributed by atoms with Crippen LogP contribution < -0.4 is 5.32 Å². The monoisotopic (exact) mass is 329 g/mol. The highest BCUT2D eigenvalue weighted by Crippen LogP contribution is 2.52. The van der Waals surface area contributed by atoms with Gasteiger partial charge in [0, 0.05) is 17.0 Å². The molecule has 0 saturated carbocycles. The normalized spacial score (nSPS) is 35.1. The Morgan fingerprint density at radius 2 is 2.00 bits per heavy atom. The van der Waals surface area contributed by atoms with Gasteiger partial charge in [0.25, 0.3) is 0 Å². The van der Waals surface area contributed by atoms with Crippen molar-refractivity contribution in [3.8, 4) is 0 Å². The average molecular weight is 329 g/mol. The predicted octanol–water partition coefficient (Wildman–Crippen LogP) is 4.49. The molecule has 2 bridgehead atoms. The first-order valence-electron chi connectivity index (χ1n) is 8.73. The van der Waals surface area contributed by atoms with Crippen LogP contribution in [0.2, 0.25) is 0 Å². The third-order valence-electron chi connectivity index (χ3n) is 6.00. The van der Waals surface area contributed by atoms with Crippen LogP contribution in [0, 0.1) is 23.2 Å². The van der Waals surface area contributed by atoms with Crippen molar-refractivity contribution in [3.63, 3.8) is 0 Å². The Hall–Kier alpha value is -1.81. The second-order valence-electron chi connectivity index (χ2n) is 7.33. The number of rotatable bonds is 3. The largest absolute Gasteiger partial charge is 0.449 e. The van der Waals surface area contributed by atoms with Crippen molar-refractivity contribution in [2.75, 3.05) is 18.5 Å². The lowest BCUT2D eigenvalue weighted by Gasteiger charge is -2.54. The van der Waals surface area contributed by atoms with Gasteiger partial charge in [0.15, 0.2) is 0 Å². The van der Waals surface area contributed by atoms with Gasteiger partial charge >= 0.3 is 6.09 Å². The van der Waals surface area contributed by atoms with Crippen LogP contribution in [-0.2, 0) is 9.47 Å². The third-order valence-corrected chi connectivity index (χ3v) is 6.00. The lowest BCUT2D eigenvalue weighted by atomic mass is 9.56. The number of carbonyl (C=O) groups excluding carboxylic acids is 1. The van der Waals surface area contributed by atoms with Crippen molar-refractivity contribution < 1.29 is 14.3 Å². The number of carbonyl (C=O) groups is 1. The van der Waals surface area contributed by atoms with E-state index in [1.165, 1.54) is 5.57 Å². The summed E-state index contributed by atoms with van der Waals surface area (Å²) in [5.41, 5.74) is 1.99. The fourth-order valence-corrected chi connectivity index (χ4v) is 4.45. The summed E-state index contributed by atoms with van der Waals surface area (Å²) >= 11 is 0. The van der Waals surface area contributed by atoms with E-state index < -0.39 is 6.09 Å². The summed E-state index contributed by atoms with van der Waals surface area (Å²) in [6.07, 6.45) is 2.15. The van der Waals surface area contributed by atoms with Gasteiger partial charge in [0.05, 0.1) is 12.7 Å². The zero-order valence-electron chi connectivity index (χ0n) is 14.9. The number of hydrogen-bond acceptors (Lipinski definition) is 3. The molecule has 0 spiro atoms. The van der Waals surface area contributed by atoms with Crippen molar-refractivity contribution in [1.82, 2.24) is 0 Å². The van der Waals surface area contributed by atoms with Gasteiger partial charge in [-0.15, -0.1) is 0 Å². The topological polar surface area (TPSA) is 47.6 Å². The summed E-state index contributed by atoms with van der Waals surface area (Å²) in [6, 6.07) is 9.37. The van der Waals surface area contributed by atoms with Crippen LogP contribution in [0.15, 0.2) is 42.0 Å². The van der Waals surface area contributed by atoms with Gasteiger partial charge in [-0.2, -0.15) is 0 Å². The second kappa shape index (κ2) is 6.60. The first kappa shape index (κ1) is 17.0. The van der Waals surface area contributed by atoms with Gasteiger partial charge in [0.2, 0.25) is 0 Å². The zero-order chi connectivity index (χ0) is 17.3. The van der Waals surface area contributed by atoms with Crippen molar-refractivity contribution in [3.05, 3.63) is 42.0 Å². The number of hydrogen-bond donors (Lipinski definition) is 1. The van der Waals surface area contributed by atoms with Crippen LogP contribution in [0.25, 0.3) is 0 Å². The Kier molecular flexibility index (Phi) is 4.68. The van der Waals surface area contributed by atoms with Crippen molar-refractivity contribution in [1.29, 1.82) is 0 Å². The molecule has 24 heavy (non-hydrogen) atoms. The molecule has 130 valence electrons. The van der Waals surface area contributed by atoms with E-state index in [2.05, 4.69) is 39.1 Å². The second-order valence-corrected chi connectivity index (χ2v) is 7.33. The highest BCUT2D eigenvalue weighted by Gasteiger charge is 2.53.